The first-order valence-electron chi connectivity index (χ1n) is 4.91. The van der Waals surface area contributed by atoms with Gasteiger partial charge in [0.2, 0.25) is 5.82 Å². The molecule has 0 fully saturated rings. The van der Waals surface area contributed by atoms with Crippen LogP contribution in [0.2, 0.25) is 0 Å². The van der Waals surface area contributed by atoms with E-state index in [2.05, 4.69) is 4.98 Å². The lowest BCUT2D eigenvalue weighted by Crippen LogP contribution is -2.22. The standard InChI is InChI=1S/C11H10F2N2O/c1-3-8-9(13)11(16)15-5-6(2)4-7(12)10(15)14-8/h4-5H,3H2,1-2H3. The minimum atomic E-state index is -0.912. The van der Waals surface area contributed by atoms with Crippen molar-refractivity contribution in [1.29, 1.82) is 0 Å². The van der Waals surface area contributed by atoms with Gasteiger partial charge in [0.15, 0.2) is 11.5 Å². The maximum atomic E-state index is 13.5. The molecule has 2 aromatic heterocycles. The number of halogens is 2. The molecule has 3 nitrogen and oxygen atoms in total. The van der Waals surface area contributed by atoms with Crippen LogP contribution in [0.4, 0.5) is 8.78 Å². The third-order valence-corrected chi connectivity index (χ3v) is 2.36. The summed E-state index contributed by atoms with van der Waals surface area (Å²) in [5.74, 6) is -1.53. The number of nitrogens with zero attached hydrogens (tertiary/aromatic N) is 2. The van der Waals surface area contributed by atoms with Gasteiger partial charge in [-0.1, -0.05) is 6.92 Å². The van der Waals surface area contributed by atoms with E-state index in [0.717, 1.165) is 4.40 Å². The van der Waals surface area contributed by atoms with Crippen molar-refractivity contribution in [2.75, 3.05) is 0 Å². The van der Waals surface area contributed by atoms with Gasteiger partial charge in [0.1, 0.15) is 0 Å². The Morgan fingerprint density at radius 1 is 1.44 bits per heavy atom. The lowest BCUT2D eigenvalue weighted by Gasteiger charge is -2.05. The molecule has 0 spiro atoms. The Balaban J connectivity index is 2.99. The molecule has 84 valence electrons. The molecule has 0 aliphatic heterocycles. The SMILES string of the molecule is CCc1nc2c(F)cc(C)cn2c(=O)c1F. The number of hydrogen-bond donors (Lipinski definition) is 0. The molecule has 0 aliphatic rings. The van der Waals surface area contributed by atoms with E-state index >= 15 is 0 Å². The third-order valence-electron chi connectivity index (χ3n) is 2.36. The van der Waals surface area contributed by atoms with E-state index in [4.69, 9.17) is 0 Å². The van der Waals surface area contributed by atoms with Crippen LogP contribution in [0.15, 0.2) is 17.1 Å². The second kappa shape index (κ2) is 3.66. The molecule has 0 amide bonds. The zero-order valence-corrected chi connectivity index (χ0v) is 8.92. The average molecular weight is 224 g/mol. The fourth-order valence-electron chi connectivity index (χ4n) is 1.58. The Morgan fingerprint density at radius 2 is 2.12 bits per heavy atom. The molecule has 0 aromatic carbocycles. The van der Waals surface area contributed by atoms with Crippen molar-refractivity contribution in [3.63, 3.8) is 0 Å². The number of fused-ring (bicyclic) bond motifs is 1. The number of hydrogen-bond acceptors (Lipinski definition) is 2. The molecule has 2 aromatic rings. The molecule has 0 saturated heterocycles. The van der Waals surface area contributed by atoms with Gasteiger partial charge in [0.25, 0.3) is 5.56 Å². The van der Waals surface area contributed by atoms with Crippen molar-refractivity contribution in [3.05, 3.63) is 45.5 Å². The van der Waals surface area contributed by atoms with Crippen LogP contribution in [0.25, 0.3) is 5.65 Å². The number of aryl methyl sites for hydroxylation is 2. The maximum absolute atomic E-state index is 13.5. The first kappa shape index (κ1) is 10.7. The van der Waals surface area contributed by atoms with E-state index in [1.54, 1.807) is 13.8 Å². The fourth-order valence-corrected chi connectivity index (χ4v) is 1.58. The van der Waals surface area contributed by atoms with Gasteiger partial charge >= 0.3 is 0 Å². The van der Waals surface area contributed by atoms with Gasteiger partial charge in [-0.2, -0.15) is 4.39 Å². The Morgan fingerprint density at radius 3 is 2.75 bits per heavy atom. The van der Waals surface area contributed by atoms with Crippen molar-refractivity contribution in [3.8, 4) is 0 Å². The summed E-state index contributed by atoms with van der Waals surface area (Å²) in [6, 6.07) is 1.26. The number of aromatic nitrogens is 2. The zero-order valence-electron chi connectivity index (χ0n) is 8.92. The molecule has 0 saturated carbocycles. The van der Waals surface area contributed by atoms with Crippen molar-refractivity contribution in [2.45, 2.75) is 20.3 Å². The highest BCUT2D eigenvalue weighted by Crippen LogP contribution is 2.10. The van der Waals surface area contributed by atoms with Gasteiger partial charge in [-0.25, -0.2) is 9.37 Å². The van der Waals surface area contributed by atoms with Gasteiger partial charge < -0.3 is 0 Å². The normalized spacial score (nSPS) is 11.0. The van der Waals surface area contributed by atoms with E-state index in [1.807, 2.05) is 0 Å². The Hall–Kier alpha value is -1.78. The first-order chi connectivity index (χ1) is 7.54. The van der Waals surface area contributed by atoms with E-state index in [9.17, 15) is 13.6 Å². The van der Waals surface area contributed by atoms with Crippen LogP contribution < -0.4 is 5.56 Å². The summed E-state index contributed by atoms with van der Waals surface area (Å²) in [4.78, 5) is 15.4. The highest BCUT2D eigenvalue weighted by atomic mass is 19.1. The van der Waals surface area contributed by atoms with Crippen LogP contribution in [0.5, 0.6) is 0 Å². The lowest BCUT2D eigenvalue weighted by atomic mass is 10.2. The minimum absolute atomic E-state index is 0.00671. The largest absolute Gasteiger partial charge is 0.294 e. The van der Waals surface area contributed by atoms with Crippen molar-refractivity contribution < 1.29 is 8.78 Å². The van der Waals surface area contributed by atoms with E-state index < -0.39 is 17.2 Å². The van der Waals surface area contributed by atoms with Crippen LogP contribution in [-0.2, 0) is 6.42 Å². The molecule has 2 heterocycles. The molecular weight excluding hydrogens is 214 g/mol. The summed E-state index contributed by atoms with van der Waals surface area (Å²) in [7, 11) is 0. The first-order valence-corrected chi connectivity index (χ1v) is 4.91. The molecule has 2 rings (SSSR count). The fraction of sp³-hybridized carbons (Fsp3) is 0.273. The summed E-state index contributed by atoms with van der Waals surface area (Å²) < 4.78 is 27.9. The topological polar surface area (TPSA) is 34.4 Å². The summed E-state index contributed by atoms with van der Waals surface area (Å²) in [5, 5.41) is 0. The molecule has 16 heavy (non-hydrogen) atoms. The van der Waals surface area contributed by atoms with Crippen LogP contribution in [-0.4, -0.2) is 9.38 Å². The molecule has 5 heteroatoms. The maximum Gasteiger partial charge on any atom is 0.294 e. The summed E-state index contributed by atoms with van der Waals surface area (Å²) in [6.07, 6.45) is 1.63. The van der Waals surface area contributed by atoms with Crippen LogP contribution in [0.3, 0.4) is 0 Å². The van der Waals surface area contributed by atoms with Gasteiger partial charge in [-0.15, -0.1) is 0 Å². The molecule has 0 unspecified atom stereocenters. The molecule has 0 atom stereocenters. The van der Waals surface area contributed by atoms with Gasteiger partial charge in [0, 0.05) is 6.20 Å². The second-order valence-electron chi connectivity index (χ2n) is 3.59. The second-order valence-corrected chi connectivity index (χ2v) is 3.59. The van der Waals surface area contributed by atoms with Crippen molar-refractivity contribution in [1.82, 2.24) is 9.38 Å². The molecule has 0 aliphatic carbocycles. The summed E-state index contributed by atoms with van der Waals surface area (Å²) in [6.45, 7) is 3.29. The minimum Gasteiger partial charge on any atom is -0.265 e. The third kappa shape index (κ3) is 1.48. The average Bonchev–Trinajstić information content (AvgIpc) is 2.24. The van der Waals surface area contributed by atoms with Crippen molar-refractivity contribution in [2.24, 2.45) is 0 Å². The summed E-state index contributed by atoms with van der Waals surface area (Å²) >= 11 is 0. The van der Waals surface area contributed by atoms with Gasteiger partial charge in [-0.3, -0.25) is 9.20 Å². The van der Waals surface area contributed by atoms with Gasteiger partial charge in [-0.05, 0) is 25.0 Å². The monoisotopic (exact) mass is 224 g/mol. The van der Waals surface area contributed by atoms with Gasteiger partial charge in [0.05, 0.1) is 5.69 Å². The quantitative estimate of drug-likeness (QED) is 0.740. The highest BCUT2D eigenvalue weighted by Gasteiger charge is 2.13. The van der Waals surface area contributed by atoms with Crippen LogP contribution in [0, 0.1) is 18.6 Å². The Bertz CT molecular complexity index is 619. The predicted octanol–water partition coefficient (Wildman–Crippen LogP) is 1.84. The lowest BCUT2D eigenvalue weighted by molar-refractivity contribution is 0.569. The van der Waals surface area contributed by atoms with Crippen LogP contribution >= 0.6 is 0 Å². The Labute approximate surface area is 90.4 Å². The number of rotatable bonds is 1. The molecular formula is C11H10F2N2O. The molecule has 0 radical (unpaired) electrons. The van der Waals surface area contributed by atoms with Crippen LogP contribution in [0.1, 0.15) is 18.2 Å². The Kier molecular flexibility index (Phi) is 2.46. The summed E-state index contributed by atoms with van der Waals surface area (Å²) in [5.41, 5.74) is -0.455. The molecule has 0 bridgehead atoms. The van der Waals surface area contributed by atoms with E-state index in [1.165, 1.54) is 12.3 Å². The van der Waals surface area contributed by atoms with Crippen molar-refractivity contribution >= 4 is 5.65 Å². The highest BCUT2D eigenvalue weighted by molar-refractivity contribution is 5.42. The predicted molar refractivity (Wildman–Crippen MR) is 55.5 cm³/mol. The zero-order chi connectivity index (χ0) is 11.9. The number of pyridine rings is 1. The van der Waals surface area contributed by atoms with E-state index in [-0.39, 0.29) is 17.8 Å². The van der Waals surface area contributed by atoms with E-state index in [0.29, 0.717) is 5.56 Å². The molecule has 0 N–H and O–H groups in total. The smallest absolute Gasteiger partial charge is 0.265 e.